The van der Waals surface area contributed by atoms with Crippen LogP contribution in [0.3, 0.4) is 0 Å². The standard InChI is InChI=1S/C20H18O6/c1-11(2)25-19-12(5-4-6-16(19)24-3)10-17-18(21)14-9-13(20(22)23)7-8-15(14)26-17/h4-11H,1-3H3,(H,22,23). The molecule has 3 rings (SSSR count). The lowest BCUT2D eigenvalue weighted by molar-refractivity contribution is 0.0697. The van der Waals surface area contributed by atoms with Crippen molar-refractivity contribution in [3.63, 3.8) is 0 Å². The molecule has 0 unspecified atom stereocenters. The van der Waals surface area contributed by atoms with E-state index in [-0.39, 0.29) is 28.8 Å². The lowest BCUT2D eigenvalue weighted by Crippen LogP contribution is -2.08. The molecule has 0 radical (unpaired) electrons. The molecule has 2 aromatic rings. The largest absolute Gasteiger partial charge is 0.493 e. The molecule has 1 N–H and O–H groups in total. The molecule has 6 nitrogen and oxygen atoms in total. The molecular formula is C20H18O6. The van der Waals surface area contributed by atoms with Crippen molar-refractivity contribution in [1.29, 1.82) is 0 Å². The highest BCUT2D eigenvalue weighted by atomic mass is 16.5. The Labute approximate surface area is 150 Å². The molecule has 0 atom stereocenters. The molecule has 0 aliphatic carbocycles. The maximum Gasteiger partial charge on any atom is 0.335 e. The van der Waals surface area contributed by atoms with E-state index in [0.29, 0.717) is 22.8 Å². The van der Waals surface area contributed by atoms with E-state index in [0.717, 1.165) is 0 Å². The quantitative estimate of drug-likeness (QED) is 0.823. The van der Waals surface area contributed by atoms with Crippen LogP contribution < -0.4 is 14.2 Å². The first-order chi connectivity index (χ1) is 12.4. The Balaban J connectivity index is 2.02. The number of benzene rings is 2. The first-order valence-corrected chi connectivity index (χ1v) is 8.06. The van der Waals surface area contributed by atoms with Gasteiger partial charge < -0.3 is 19.3 Å². The van der Waals surface area contributed by atoms with Gasteiger partial charge in [0.2, 0.25) is 5.78 Å². The highest BCUT2D eigenvalue weighted by Crippen LogP contribution is 2.37. The van der Waals surface area contributed by atoms with Crippen LogP contribution in [0.25, 0.3) is 6.08 Å². The Kier molecular flexibility index (Phi) is 4.67. The van der Waals surface area contributed by atoms with Gasteiger partial charge in [0.1, 0.15) is 5.75 Å². The predicted molar refractivity (Wildman–Crippen MR) is 95.1 cm³/mol. The molecule has 134 valence electrons. The van der Waals surface area contributed by atoms with Crippen LogP contribution in [0.5, 0.6) is 17.2 Å². The summed E-state index contributed by atoms with van der Waals surface area (Å²) in [6.07, 6.45) is 1.49. The van der Waals surface area contributed by atoms with E-state index in [1.54, 1.807) is 31.4 Å². The van der Waals surface area contributed by atoms with Gasteiger partial charge in [0.05, 0.1) is 24.3 Å². The van der Waals surface area contributed by atoms with E-state index in [4.69, 9.17) is 19.3 Å². The lowest BCUT2D eigenvalue weighted by Gasteiger charge is -2.16. The van der Waals surface area contributed by atoms with Gasteiger partial charge in [-0.2, -0.15) is 0 Å². The third-order valence-corrected chi connectivity index (χ3v) is 3.78. The number of hydrogen-bond acceptors (Lipinski definition) is 5. The van der Waals surface area contributed by atoms with Crippen molar-refractivity contribution in [1.82, 2.24) is 0 Å². The number of carbonyl (C=O) groups is 2. The molecule has 0 fully saturated rings. The summed E-state index contributed by atoms with van der Waals surface area (Å²) in [6.45, 7) is 3.79. The number of carboxylic acid groups (broad SMARTS) is 1. The summed E-state index contributed by atoms with van der Waals surface area (Å²) in [5.41, 5.74) is 0.894. The van der Waals surface area contributed by atoms with Crippen LogP contribution in [0.4, 0.5) is 0 Å². The Morgan fingerprint density at radius 1 is 1.23 bits per heavy atom. The van der Waals surface area contributed by atoms with E-state index in [2.05, 4.69) is 0 Å². The summed E-state index contributed by atoms with van der Waals surface area (Å²) >= 11 is 0. The summed E-state index contributed by atoms with van der Waals surface area (Å²) in [5, 5.41) is 9.08. The maximum absolute atomic E-state index is 12.6. The van der Waals surface area contributed by atoms with Crippen molar-refractivity contribution in [3.8, 4) is 17.2 Å². The predicted octanol–water partition coefficient (Wildman–Crippen LogP) is 3.80. The van der Waals surface area contributed by atoms with Crippen molar-refractivity contribution < 1.29 is 28.9 Å². The minimum Gasteiger partial charge on any atom is -0.493 e. The highest BCUT2D eigenvalue weighted by molar-refractivity contribution is 6.15. The van der Waals surface area contributed by atoms with Gasteiger partial charge >= 0.3 is 5.97 Å². The number of rotatable bonds is 5. The summed E-state index contributed by atoms with van der Waals surface area (Å²) in [6, 6.07) is 9.54. The van der Waals surface area contributed by atoms with Crippen LogP contribution >= 0.6 is 0 Å². The number of carbonyl (C=O) groups excluding carboxylic acids is 1. The van der Waals surface area contributed by atoms with Crippen LogP contribution in [-0.2, 0) is 0 Å². The van der Waals surface area contributed by atoms with Crippen molar-refractivity contribution in [3.05, 3.63) is 58.8 Å². The second-order valence-corrected chi connectivity index (χ2v) is 6.00. The zero-order chi connectivity index (χ0) is 18.8. The van der Waals surface area contributed by atoms with E-state index in [9.17, 15) is 9.59 Å². The molecule has 0 saturated carbocycles. The first kappa shape index (κ1) is 17.5. The third-order valence-electron chi connectivity index (χ3n) is 3.78. The number of aromatic carboxylic acids is 1. The molecule has 6 heteroatoms. The molecule has 1 heterocycles. The molecule has 1 aliphatic rings. The van der Waals surface area contributed by atoms with E-state index >= 15 is 0 Å². The molecule has 26 heavy (non-hydrogen) atoms. The number of Topliss-reactive ketones (excluding diaryl/α,β-unsaturated/α-hetero) is 1. The Morgan fingerprint density at radius 2 is 2.00 bits per heavy atom. The zero-order valence-electron chi connectivity index (χ0n) is 14.6. The smallest absolute Gasteiger partial charge is 0.335 e. The van der Waals surface area contributed by atoms with Gasteiger partial charge in [0.25, 0.3) is 0 Å². The average molecular weight is 354 g/mol. The molecule has 0 spiro atoms. The van der Waals surface area contributed by atoms with Crippen molar-refractivity contribution in [2.45, 2.75) is 20.0 Å². The number of carboxylic acids is 1. The second-order valence-electron chi connectivity index (χ2n) is 6.00. The topological polar surface area (TPSA) is 82.1 Å². The van der Waals surface area contributed by atoms with Gasteiger partial charge in [-0.25, -0.2) is 4.79 Å². The number of ether oxygens (including phenoxy) is 3. The Bertz CT molecular complexity index is 911. The van der Waals surface area contributed by atoms with Crippen LogP contribution in [0.15, 0.2) is 42.2 Å². The average Bonchev–Trinajstić information content (AvgIpc) is 2.91. The number of allylic oxidation sites excluding steroid dienone is 1. The van der Waals surface area contributed by atoms with Crippen molar-refractivity contribution in [2.24, 2.45) is 0 Å². The van der Waals surface area contributed by atoms with Gasteiger partial charge in [-0.15, -0.1) is 0 Å². The number of para-hydroxylation sites is 1. The summed E-state index contributed by atoms with van der Waals surface area (Å²) in [4.78, 5) is 23.7. The molecule has 0 amide bonds. The van der Waals surface area contributed by atoms with Gasteiger partial charge in [0, 0.05) is 5.56 Å². The van der Waals surface area contributed by atoms with Gasteiger partial charge in [-0.1, -0.05) is 12.1 Å². The minimum atomic E-state index is -1.10. The van der Waals surface area contributed by atoms with E-state index in [1.165, 1.54) is 18.2 Å². The SMILES string of the molecule is COc1cccc(C=C2Oc3ccc(C(=O)O)cc3C2=O)c1OC(C)C. The van der Waals surface area contributed by atoms with Crippen molar-refractivity contribution in [2.75, 3.05) is 7.11 Å². The van der Waals surface area contributed by atoms with E-state index in [1.807, 2.05) is 13.8 Å². The van der Waals surface area contributed by atoms with Crippen LogP contribution in [0.2, 0.25) is 0 Å². The third kappa shape index (κ3) is 3.26. The fourth-order valence-corrected chi connectivity index (χ4v) is 2.63. The molecule has 2 aromatic carbocycles. The summed E-state index contributed by atoms with van der Waals surface area (Å²) in [5.74, 6) is 0.0185. The molecule has 0 bridgehead atoms. The Hall–Kier alpha value is -3.28. The van der Waals surface area contributed by atoms with Crippen LogP contribution in [0, 0.1) is 0 Å². The van der Waals surface area contributed by atoms with Gasteiger partial charge in [-0.05, 0) is 44.2 Å². The summed E-state index contributed by atoms with van der Waals surface area (Å²) < 4.78 is 16.8. The maximum atomic E-state index is 12.6. The molecule has 0 aromatic heterocycles. The first-order valence-electron chi connectivity index (χ1n) is 8.06. The fourth-order valence-electron chi connectivity index (χ4n) is 2.63. The van der Waals surface area contributed by atoms with Crippen LogP contribution in [-0.4, -0.2) is 30.1 Å². The summed E-state index contributed by atoms with van der Waals surface area (Å²) in [7, 11) is 1.54. The minimum absolute atomic E-state index is 0.0344. The van der Waals surface area contributed by atoms with Crippen molar-refractivity contribution >= 4 is 17.8 Å². The number of fused-ring (bicyclic) bond motifs is 1. The molecular weight excluding hydrogens is 336 g/mol. The molecule has 1 aliphatic heterocycles. The zero-order valence-corrected chi connectivity index (χ0v) is 14.6. The number of methoxy groups -OCH3 is 1. The fraction of sp³-hybridized carbons (Fsp3) is 0.200. The normalized spacial score (nSPS) is 14.3. The molecule has 0 saturated heterocycles. The van der Waals surface area contributed by atoms with Gasteiger partial charge in [0.15, 0.2) is 17.3 Å². The monoisotopic (exact) mass is 354 g/mol. The van der Waals surface area contributed by atoms with Gasteiger partial charge in [-0.3, -0.25) is 4.79 Å². The highest BCUT2D eigenvalue weighted by Gasteiger charge is 2.29. The van der Waals surface area contributed by atoms with Crippen LogP contribution in [0.1, 0.15) is 40.1 Å². The Morgan fingerprint density at radius 3 is 2.65 bits per heavy atom. The second kappa shape index (κ2) is 6.92. The number of ketones is 1. The van der Waals surface area contributed by atoms with E-state index < -0.39 is 5.97 Å². The number of hydrogen-bond donors (Lipinski definition) is 1. The lowest BCUT2D eigenvalue weighted by atomic mass is 10.1.